The van der Waals surface area contributed by atoms with Gasteiger partial charge in [0.05, 0.1) is 18.7 Å². The molecule has 1 saturated heterocycles. The Kier molecular flexibility index (Phi) is 3.41. The van der Waals surface area contributed by atoms with Crippen LogP contribution in [0.5, 0.6) is 0 Å². The second-order valence-electron chi connectivity index (χ2n) is 5.36. The second kappa shape index (κ2) is 4.10. The number of hydrogen-bond acceptors (Lipinski definition) is 3. The number of aliphatic hydroxyl groups excluding tert-OH is 1. The molecule has 0 radical (unpaired) electrons. The van der Waals surface area contributed by atoms with Crippen LogP contribution in [0.4, 0.5) is 4.79 Å². The lowest BCUT2D eigenvalue weighted by molar-refractivity contribution is -0.946. The minimum Gasteiger partial charge on any atom is -0.498 e. The zero-order valence-electron chi connectivity index (χ0n) is 9.82. The highest BCUT2D eigenvalue weighted by Crippen LogP contribution is 2.34. The van der Waals surface area contributed by atoms with Crippen LogP contribution in [0.3, 0.4) is 0 Å². The third-order valence-corrected chi connectivity index (χ3v) is 3.66. The van der Waals surface area contributed by atoms with Gasteiger partial charge in [-0.2, -0.15) is 0 Å². The normalized spacial score (nSPS) is 32.7. The van der Waals surface area contributed by atoms with E-state index in [1.807, 2.05) is 20.8 Å². The van der Waals surface area contributed by atoms with Gasteiger partial charge in [-0.15, -0.1) is 0 Å². The Morgan fingerprint density at radius 3 is 2.40 bits per heavy atom. The van der Waals surface area contributed by atoms with Crippen LogP contribution in [0, 0.1) is 0 Å². The van der Waals surface area contributed by atoms with Crippen molar-refractivity contribution in [3.63, 3.8) is 0 Å². The first-order chi connectivity index (χ1) is 6.86. The van der Waals surface area contributed by atoms with Crippen molar-refractivity contribution in [2.24, 2.45) is 0 Å². The molecule has 2 atom stereocenters. The maximum absolute atomic E-state index is 11.4. The van der Waals surface area contributed by atoms with Crippen LogP contribution in [0.1, 0.15) is 40.0 Å². The van der Waals surface area contributed by atoms with Crippen LogP contribution < -0.4 is 5.11 Å². The van der Waals surface area contributed by atoms with Crippen molar-refractivity contribution in [3.8, 4) is 0 Å². The third-order valence-electron chi connectivity index (χ3n) is 3.66. The van der Waals surface area contributed by atoms with Gasteiger partial charge >= 0.3 is 0 Å². The average Bonchev–Trinajstić information content (AvgIpc) is 2.15. The fourth-order valence-electron chi connectivity index (χ4n) is 2.77. The van der Waals surface area contributed by atoms with Crippen molar-refractivity contribution in [2.45, 2.75) is 51.6 Å². The first-order valence-corrected chi connectivity index (χ1v) is 5.56. The monoisotopic (exact) mass is 215 g/mol. The molecule has 0 aromatic rings. The summed E-state index contributed by atoms with van der Waals surface area (Å²) in [5, 5.41) is 20.8. The lowest BCUT2D eigenvalue weighted by Gasteiger charge is -2.54. The molecule has 88 valence electrons. The van der Waals surface area contributed by atoms with Gasteiger partial charge < -0.3 is 15.0 Å². The highest BCUT2D eigenvalue weighted by Gasteiger charge is 2.49. The van der Waals surface area contributed by atoms with E-state index < -0.39 is 11.6 Å². The van der Waals surface area contributed by atoms with Gasteiger partial charge in [-0.25, -0.2) is 0 Å². The molecule has 0 aliphatic carbocycles. The van der Waals surface area contributed by atoms with E-state index in [1.54, 1.807) is 0 Å². The molecule has 0 bridgehead atoms. The summed E-state index contributed by atoms with van der Waals surface area (Å²) in [6.07, 6.45) is 1.60. The summed E-state index contributed by atoms with van der Waals surface area (Å²) >= 11 is 0. The number of quaternary nitrogens is 1. The Balaban J connectivity index is 3.12. The fraction of sp³-hybridized carbons (Fsp3) is 0.909. The third kappa shape index (κ3) is 1.88. The SMILES string of the molecule is CC(C)(C)[N+]1(C(=O)[O-])CCCC[C@H]1CO. The number of likely N-dealkylation sites (tertiary alicyclic amines) is 1. The van der Waals surface area contributed by atoms with Gasteiger partial charge in [0.15, 0.2) is 0 Å². The van der Waals surface area contributed by atoms with Crippen LogP contribution in [0.25, 0.3) is 0 Å². The number of carboxylic acid groups (broad SMARTS) is 1. The number of carbonyl (C=O) groups is 1. The summed E-state index contributed by atoms with van der Waals surface area (Å²) in [6.45, 7) is 6.19. The molecule has 1 aliphatic rings. The molecule has 0 aromatic heterocycles. The number of amides is 1. The van der Waals surface area contributed by atoms with E-state index >= 15 is 0 Å². The quantitative estimate of drug-likeness (QED) is 0.648. The standard InChI is InChI=1S/C11H21NO3/c1-11(2,3)12(10(14)15)7-5-4-6-9(12)8-13/h9,13H,4-8H2,1-3H3/t9-,12?/m0/s1. The number of rotatable bonds is 1. The van der Waals surface area contributed by atoms with Crippen molar-refractivity contribution >= 4 is 6.09 Å². The predicted octanol–water partition coefficient (Wildman–Crippen LogP) is 0.490. The number of piperidine rings is 1. The summed E-state index contributed by atoms with van der Waals surface area (Å²) < 4.78 is -0.108. The van der Waals surface area contributed by atoms with E-state index in [4.69, 9.17) is 0 Å². The number of nitrogens with zero attached hydrogens (tertiary/aromatic N) is 1. The summed E-state index contributed by atoms with van der Waals surface area (Å²) in [5.41, 5.74) is -0.424. The molecule has 1 unspecified atom stereocenters. The van der Waals surface area contributed by atoms with Gasteiger partial charge in [0.1, 0.15) is 6.04 Å². The maximum Gasteiger partial charge on any atom is 0.258 e. The molecule has 0 spiro atoms. The van der Waals surface area contributed by atoms with Gasteiger partial charge in [0.25, 0.3) is 6.09 Å². The van der Waals surface area contributed by atoms with Crippen LogP contribution in [0.15, 0.2) is 0 Å². The topological polar surface area (TPSA) is 60.4 Å². The second-order valence-corrected chi connectivity index (χ2v) is 5.36. The molecule has 15 heavy (non-hydrogen) atoms. The first-order valence-electron chi connectivity index (χ1n) is 5.56. The predicted molar refractivity (Wildman–Crippen MR) is 55.0 cm³/mol. The van der Waals surface area contributed by atoms with Gasteiger partial charge in [-0.1, -0.05) is 0 Å². The number of aliphatic hydroxyl groups is 1. The van der Waals surface area contributed by atoms with Crippen molar-refractivity contribution in [1.82, 2.24) is 0 Å². The molecule has 4 heteroatoms. The van der Waals surface area contributed by atoms with Crippen LogP contribution in [-0.2, 0) is 0 Å². The molecule has 1 rings (SSSR count). The van der Waals surface area contributed by atoms with Crippen molar-refractivity contribution < 1.29 is 19.5 Å². The molecule has 1 fully saturated rings. The fourth-order valence-corrected chi connectivity index (χ4v) is 2.77. The Hall–Kier alpha value is -0.610. The summed E-state index contributed by atoms with van der Waals surface area (Å²) in [7, 11) is 0. The number of hydrogen-bond donors (Lipinski definition) is 1. The Morgan fingerprint density at radius 1 is 1.47 bits per heavy atom. The van der Waals surface area contributed by atoms with Crippen molar-refractivity contribution in [2.75, 3.05) is 13.2 Å². The zero-order chi connectivity index (χ0) is 11.7. The average molecular weight is 215 g/mol. The lowest BCUT2D eigenvalue weighted by Crippen LogP contribution is -2.74. The molecule has 1 heterocycles. The largest absolute Gasteiger partial charge is 0.498 e. The molecule has 1 amide bonds. The van der Waals surface area contributed by atoms with E-state index in [1.165, 1.54) is 0 Å². The Labute approximate surface area is 91.1 Å². The Bertz CT molecular complexity index is 247. The van der Waals surface area contributed by atoms with Gasteiger partial charge in [-0.3, -0.25) is 4.48 Å². The number of carbonyl (C=O) groups excluding carboxylic acids is 1. The van der Waals surface area contributed by atoms with Crippen molar-refractivity contribution in [1.29, 1.82) is 0 Å². The van der Waals surface area contributed by atoms with E-state index in [0.29, 0.717) is 6.54 Å². The smallest absolute Gasteiger partial charge is 0.258 e. The van der Waals surface area contributed by atoms with E-state index in [9.17, 15) is 15.0 Å². The molecule has 4 nitrogen and oxygen atoms in total. The van der Waals surface area contributed by atoms with Gasteiger partial charge in [0.2, 0.25) is 0 Å². The van der Waals surface area contributed by atoms with Gasteiger partial charge in [0, 0.05) is 6.42 Å². The highest BCUT2D eigenvalue weighted by atomic mass is 16.4. The molecule has 0 aromatic carbocycles. The van der Waals surface area contributed by atoms with Crippen LogP contribution in [-0.4, -0.2) is 40.4 Å². The zero-order valence-corrected chi connectivity index (χ0v) is 9.82. The molecular weight excluding hydrogens is 194 g/mol. The van der Waals surface area contributed by atoms with E-state index in [-0.39, 0.29) is 17.1 Å². The van der Waals surface area contributed by atoms with E-state index in [2.05, 4.69) is 0 Å². The summed E-state index contributed by atoms with van der Waals surface area (Å²) in [5.74, 6) is 0. The molecular formula is C11H21NO3. The Morgan fingerprint density at radius 2 is 2.07 bits per heavy atom. The molecule has 1 N–H and O–H groups in total. The first kappa shape index (κ1) is 12.5. The van der Waals surface area contributed by atoms with Gasteiger partial charge in [-0.05, 0) is 33.6 Å². The minimum absolute atomic E-state index is 0.0781. The van der Waals surface area contributed by atoms with Crippen molar-refractivity contribution in [3.05, 3.63) is 0 Å². The minimum atomic E-state index is -1.05. The molecule has 0 saturated carbocycles. The summed E-state index contributed by atoms with van der Waals surface area (Å²) in [6, 6.07) is -0.219. The summed E-state index contributed by atoms with van der Waals surface area (Å²) in [4.78, 5) is 11.4. The van der Waals surface area contributed by atoms with Crippen LogP contribution >= 0.6 is 0 Å². The molecule has 1 aliphatic heterocycles. The maximum atomic E-state index is 11.4. The lowest BCUT2D eigenvalue weighted by atomic mass is 9.90. The van der Waals surface area contributed by atoms with Crippen LogP contribution in [0.2, 0.25) is 0 Å². The highest BCUT2D eigenvalue weighted by molar-refractivity contribution is 5.55. The van der Waals surface area contributed by atoms with E-state index in [0.717, 1.165) is 19.3 Å².